The van der Waals surface area contributed by atoms with Gasteiger partial charge in [0.25, 0.3) is 0 Å². The predicted molar refractivity (Wildman–Crippen MR) is 76.2 cm³/mol. The largest absolute Gasteiger partial charge is 0.496 e. The second-order valence-electron chi connectivity index (χ2n) is 4.25. The van der Waals surface area contributed by atoms with E-state index in [9.17, 15) is 4.79 Å². The van der Waals surface area contributed by atoms with E-state index >= 15 is 0 Å². The van der Waals surface area contributed by atoms with Crippen molar-refractivity contribution in [2.75, 3.05) is 21.3 Å². The molecular formula is C14H22N2O4. The number of hydrogen-bond donors (Lipinski definition) is 2. The Hall–Kier alpha value is -1.95. The average molecular weight is 282 g/mol. The van der Waals surface area contributed by atoms with Crippen LogP contribution in [0.4, 0.5) is 0 Å². The van der Waals surface area contributed by atoms with E-state index in [1.807, 2.05) is 6.92 Å². The van der Waals surface area contributed by atoms with Crippen LogP contribution in [0, 0.1) is 0 Å². The van der Waals surface area contributed by atoms with Crippen molar-refractivity contribution in [3.63, 3.8) is 0 Å². The Balaban J connectivity index is 2.91. The monoisotopic (exact) mass is 282 g/mol. The smallest absolute Gasteiger partial charge is 0.237 e. The minimum absolute atomic E-state index is 0.190. The van der Waals surface area contributed by atoms with Gasteiger partial charge in [-0.05, 0) is 12.5 Å². The van der Waals surface area contributed by atoms with Crippen LogP contribution in [0.2, 0.25) is 0 Å². The summed E-state index contributed by atoms with van der Waals surface area (Å²) in [6, 6.07) is 3.00. The summed E-state index contributed by atoms with van der Waals surface area (Å²) < 4.78 is 15.7. The maximum Gasteiger partial charge on any atom is 0.237 e. The first-order valence-electron chi connectivity index (χ1n) is 6.39. The number of hydrogen-bond acceptors (Lipinski definition) is 5. The summed E-state index contributed by atoms with van der Waals surface area (Å²) in [6.45, 7) is 2.18. The molecule has 0 radical (unpaired) electrons. The van der Waals surface area contributed by atoms with E-state index in [2.05, 4.69) is 5.32 Å². The lowest BCUT2D eigenvalue weighted by atomic mass is 10.1. The van der Waals surface area contributed by atoms with Crippen molar-refractivity contribution in [1.82, 2.24) is 5.32 Å². The predicted octanol–water partition coefficient (Wildman–Crippen LogP) is 1.07. The summed E-state index contributed by atoms with van der Waals surface area (Å²) in [7, 11) is 4.67. The van der Waals surface area contributed by atoms with E-state index in [0.717, 1.165) is 5.56 Å². The van der Waals surface area contributed by atoms with Gasteiger partial charge in [0, 0.05) is 18.2 Å². The zero-order chi connectivity index (χ0) is 15.1. The van der Waals surface area contributed by atoms with Gasteiger partial charge < -0.3 is 25.3 Å². The summed E-state index contributed by atoms with van der Waals surface area (Å²) in [5, 5.41) is 2.77. The molecule has 3 N–H and O–H groups in total. The van der Waals surface area contributed by atoms with E-state index in [1.165, 1.54) is 0 Å². The minimum atomic E-state index is -0.499. The van der Waals surface area contributed by atoms with Crippen LogP contribution in [0.15, 0.2) is 12.1 Å². The Labute approximate surface area is 119 Å². The molecule has 1 atom stereocenters. The van der Waals surface area contributed by atoms with Crippen LogP contribution in [0.3, 0.4) is 0 Å². The molecule has 0 bridgehead atoms. The molecule has 0 aliphatic carbocycles. The van der Waals surface area contributed by atoms with Crippen molar-refractivity contribution in [3.8, 4) is 17.2 Å². The fraction of sp³-hybridized carbons (Fsp3) is 0.500. The van der Waals surface area contributed by atoms with Crippen molar-refractivity contribution >= 4 is 5.91 Å². The quantitative estimate of drug-likeness (QED) is 0.781. The lowest BCUT2D eigenvalue weighted by Crippen LogP contribution is -2.39. The summed E-state index contributed by atoms with van der Waals surface area (Å²) in [5.41, 5.74) is 6.46. The van der Waals surface area contributed by atoms with Crippen molar-refractivity contribution in [2.45, 2.75) is 25.9 Å². The van der Waals surface area contributed by atoms with Gasteiger partial charge in [0.1, 0.15) is 5.75 Å². The number of methoxy groups -OCH3 is 3. The van der Waals surface area contributed by atoms with Crippen LogP contribution in [-0.4, -0.2) is 33.3 Å². The van der Waals surface area contributed by atoms with Gasteiger partial charge >= 0.3 is 0 Å². The first kappa shape index (κ1) is 16.1. The highest BCUT2D eigenvalue weighted by Crippen LogP contribution is 2.34. The lowest BCUT2D eigenvalue weighted by Gasteiger charge is -2.15. The van der Waals surface area contributed by atoms with Crippen molar-refractivity contribution in [3.05, 3.63) is 17.7 Å². The molecule has 1 amide bonds. The number of nitrogens with two attached hydrogens (primary N) is 1. The maximum atomic E-state index is 11.7. The van der Waals surface area contributed by atoms with Crippen LogP contribution in [-0.2, 0) is 11.3 Å². The summed E-state index contributed by atoms with van der Waals surface area (Å²) in [6.07, 6.45) is 0.592. The minimum Gasteiger partial charge on any atom is -0.496 e. The van der Waals surface area contributed by atoms with E-state index in [-0.39, 0.29) is 5.91 Å². The third kappa shape index (κ3) is 3.77. The molecule has 1 rings (SSSR count). The molecule has 1 aromatic carbocycles. The second-order valence-corrected chi connectivity index (χ2v) is 4.25. The molecule has 1 aromatic rings. The van der Waals surface area contributed by atoms with Gasteiger partial charge in [-0.15, -0.1) is 0 Å². The van der Waals surface area contributed by atoms with E-state index in [1.54, 1.807) is 33.5 Å². The van der Waals surface area contributed by atoms with Gasteiger partial charge in [-0.1, -0.05) is 6.92 Å². The Morgan fingerprint density at radius 2 is 1.70 bits per heavy atom. The summed E-state index contributed by atoms with van der Waals surface area (Å²) in [5.74, 6) is 1.58. The number of ether oxygens (including phenoxy) is 3. The first-order valence-corrected chi connectivity index (χ1v) is 6.39. The standard InChI is InChI=1S/C14H22N2O4/c1-5-10(15)14(17)16-8-9-6-12(19-3)13(20-4)7-11(9)18-2/h6-7,10H,5,8,15H2,1-4H3,(H,16,17)/t10-/m0/s1. The first-order chi connectivity index (χ1) is 9.57. The topological polar surface area (TPSA) is 82.8 Å². The van der Waals surface area contributed by atoms with Crippen LogP contribution < -0.4 is 25.3 Å². The average Bonchev–Trinajstić information content (AvgIpc) is 2.50. The number of amides is 1. The fourth-order valence-electron chi connectivity index (χ4n) is 1.73. The zero-order valence-corrected chi connectivity index (χ0v) is 12.4. The van der Waals surface area contributed by atoms with Crippen molar-refractivity contribution in [1.29, 1.82) is 0 Å². The van der Waals surface area contributed by atoms with Gasteiger partial charge in [-0.2, -0.15) is 0 Å². The van der Waals surface area contributed by atoms with Crippen LogP contribution in [0.25, 0.3) is 0 Å². The van der Waals surface area contributed by atoms with Gasteiger partial charge in [-0.25, -0.2) is 0 Å². The van der Waals surface area contributed by atoms with Gasteiger partial charge in [0.05, 0.1) is 27.4 Å². The molecule has 0 saturated carbocycles. The number of carbonyl (C=O) groups excluding carboxylic acids is 1. The lowest BCUT2D eigenvalue weighted by molar-refractivity contribution is -0.122. The Bertz CT molecular complexity index is 463. The number of carbonyl (C=O) groups is 1. The number of nitrogens with one attached hydrogen (secondary N) is 1. The van der Waals surface area contributed by atoms with E-state index in [4.69, 9.17) is 19.9 Å². The molecule has 0 saturated heterocycles. The van der Waals surface area contributed by atoms with Crippen molar-refractivity contribution < 1.29 is 19.0 Å². The highest BCUT2D eigenvalue weighted by molar-refractivity contribution is 5.81. The van der Waals surface area contributed by atoms with Gasteiger partial charge in [0.2, 0.25) is 5.91 Å². The van der Waals surface area contributed by atoms with Gasteiger partial charge in [-0.3, -0.25) is 4.79 Å². The molecule has 0 aliphatic heterocycles. The van der Waals surface area contributed by atoms with Crippen LogP contribution in [0.1, 0.15) is 18.9 Å². The molecule has 6 heteroatoms. The van der Waals surface area contributed by atoms with E-state index < -0.39 is 6.04 Å². The highest BCUT2D eigenvalue weighted by Gasteiger charge is 2.14. The molecule has 0 spiro atoms. The number of benzene rings is 1. The zero-order valence-electron chi connectivity index (χ0n) is 12.4. The summed E-state index contributed by atoms with van der Waals surface area (Å²) >= 11 is 0. The highest BCUT2D eigenvalue weighted by atomic mass is 16.5. The van der Waals surface area contributed by atoms with Crippen LogP contribution >= 0.6 is 0 Å². The molecular weight excluding hydrogens is 260 g/mol. The Kier molecular flexibility index (Phi) is 6.11. The number of rotatable bonds is 7. The van der Waals surface area contributed by atoms with E-state index in [0.29, 0.717) is 30.2 Å². The second kappa shape index (κ2) is 7.59. The molecule has 20 heavy (non-hydrogen) atoms. The maximum absolute atomic E-state index is 11.7. The molecule has 112 valence electrons. The van der Waals surface area contributed by atoms with Gasteiger partial charge in [0.15, 0.2) is 11.5 Å². The van der Waals surface area contributed by atoms with Crippen molar-refractivity contribution in [2.24, 2.45) is 5.73 Å². The Morgan fingerprint density at radius 1 is 1.15 bits per heavy atom. The molecule has 0 aromatic heterocycles. The molecule has 0 fully saturated rings. The summed E-state index contributed by atoms with van der Waals surface area (Å²) in [4.78, 5) is 11.7. The third-order valence-corrected chi connectivity index (χ3v) is 3.02. The molecule has 0 unspecified atom stereocenters. The van der Waals surface area contributed by atoms with Crippen LogP contribution in [0.5, 0.6) is 17.2 Å². The fourth-order valence-corrected chi connectivity index (χ4v) is 1.73. The normalized spacial score (nSPS) is 11.7. The molecule has 6 nitrogen and oxygen atoms in total. The third-order valence-electron chi connectivity index (χ3n) is 3.02. The molecule has 0 aliphatic rings. The Morgan fingerprint density at radius 3 is 2.20 bits per heavy atom. The molecule has 0 heterocycles. The SMILES string of the molecule is CC[C@H](N)C(=O)NCc1cc(OC)c(OC)cc1OC.